The van der Waals surface area contributed by atoms with Gasteiger partial charge in [0.25, 0.3) is 0 Å². The van der Waals surface area contributed by atoms with Crippen LogP contribution in [0.4, 0.5) is 0 Å². The minimum Gasteiger partial charge on any atom is -0.475 e. The maximum atomic E-state index is 13.9. The molecule has 1 aliphatic carbocycles. The summed E-state index contributed by atoms with van der Waals surface area (Å²) in [6.07, 6.45) is 10.6. The third-order valence-corrected chi connectivity index (χ3v) is 11.3. The number of benzene rings is 1. The third-order valence-electron chi connectivity index (χ3n) is 11.3. The highest BCUT2D eigenvalue weighted by Crippen LogP contribution is 2.45. The summed E-state index contributed by atoms with van der Waals surface area (Å²) in [5.41, 5.74) is 11.3. The zero-order valence-corrected chi connectivity index (χ0v) is 28.7. The van der Waals surface area contributed by atoms with E-state index in [-0.39, 0.29) is 29.5 Å². The molecule has 2 amide bonds. The predicted molar refractivity (Wildman–Crippen MR) is 185 cm³/mol. The number of pyridine rings is 1. The molecule has 4 atom stereocenters. The van der Waals surface area contributed by atoms with Crippen molar-refractivity contribution in [2.45, 2.75) is 70.2 Å². The second-order valence-electron chi connectivity index (χ2n) is 14.9. The number of likely N-dealkylation sites (tertiary alicyclic amines) is 2. The summed E-state index contributed by atoms with van der Waals surface area (Å²) in [5, 5.41) is 4.38. The Labute approximate surface area is 287 Å². The molecule has 3 saturated heterocycles. The van der Waals surface area contributed by atoms with Crippen molar-refractivity contribution in [2.24, 2.45) is 18.4 Å². The number of hydrogen-bond acceptors (Lipinski definition) is 9. The van der Waals surface area contributed by atoms with E-state index in [0.717, 1.165) is 55.6 Å². The van der Waals surface area contributed by atoms with Gasteiger partial charge in [0.2, 0.25) is 17.7 Å². The van der Waals surface area contributed by atoms with Crippen LogP contribution in [-0.2, 0) is 16.6 Å². The largest absolute Gasteiger partial charge is 0.475 e. The van der Waals surface area contributed by atoms with Crippen LogP contribution in [0.1, 0.15) is 63.1 Å². The average Bonchev–Trinajstić information content (AvgIpc) is 3.82. The number of nitrogens with one attached hydrogen (secondary N) is 2. The van der Waals surface area contributed by atoms with Crippen molar-refractivity contribution >= 4 is 17.4 Å². The van der Waals surface area contributed by atoms with E-state index in [1.165, 1.54) is 11.1 Å². The van der Waals surface area contributed by atoms with Crippen LogP contribution in [0.2, 0.25) is 0 Å². The Bertz CT molecular complexity index is 1710. The van der Waals surface area contributed by atoms with Gasteiger partial charge in [-0.15, -0.1) is 0 Å². The summed E-state index contributed by atoms with van der Waals surface area (Å²) in [4.78, 5) is 42.4. The molecule has 4 aliphatic heterocycles. The minimum absolute atomic E-state index is 0.0887. The van der Waals surface area contributed by atoms with Crippen molar-refractivity contribution in [3.05, 3.63) is 66.1 Å². The Kier molecular flexibility index (Phi) is 8.49. The fraction of sp³-hybridized carbons (Fsp3) is 0.541. The molecule has 1 spiro atoms. The zero-order chi connectivity index (χ0) is 33.7. The molecule has 8 rings (SSSR count). The van der Waals surface area contributed by atoms with Gasteiger partial charge in [0.05, 0.1) is 24.1 Å². The first-order chi connectivity index (χ1) is 23.7. The van der Waals surface area contributed by atoms with Crippen molar-refractivity contribution in [3.8, 4) is 17.3 Å². The Morgan fingerprint density at radius 2 is 1.86 bits per heavy atom. The van der Waals surface area contributed by atoms with Gasteiger partial charge in [0.1, 0.15) is 6.33 Å². The Morgan fingerprint density at radius 3 is 2.55 bits per heavy atom. The molecule has 258 valence electrons. The molecule has 2 aromatic heterocycles. The number of amides is 2. The van der Waals surface area contributed by atoms with Gasteiger partial charge in [-0.05, 0) is 68.6 Å². The molecular formula is C37H47N9O3. The van der Waals surface area contributed by atoms with Crippen molar-refractivity contribution in [2.75, 3.05) is 39.3 Å². The number of hydrazine groups is 1. The summed E-state index contributed by atoms with van der Waals surface area (Å²) >= 11 is 0. The number of ether oxygens (including phenoxy) is 1. The summed E-state index contributed by atoms with van der Waals surface area (Å²) in [6, 6.07) is 13.2. The van der Waals surface area contributed by atoms with Crippen LogP contribution >= 0.6 is 0 Å². The van der Waals surface area contributed by atoms with E-state index in [1.54, 1.807) is 11.0 Å². The summed E-state index contributed by atoms with van der Waals surface area (Å²) in [5.74, 6) is 2.19. The molecular weight excluding hydrogens is 618 g/mol. The summed E-state index contributed by atoms with van der Waals surface area (Å²) in [6.45, 7) is 7.89. The van der Waals surface area contributed by atoms with Crippen LogP contribution in [-0.4, -0.2) is 104 Å². The van der Waals surface area contributed by atoms with Gasteiger partial charge in [-0.25, -0.2) is 15.4 Å². The number of aromatic nitrogens is 4. The first-order valence-electron chi connectivity index (χ1n) is 17.8. The van der Waals surface area contributed by atoms with Gasteiger partial charge in [0.15, 0.2) is 5.82 Å². The third kappa shape index (κ3) is 6.26. The van der Waals surface area contributed by atoms with Gasteiger partial charge in [0, 0.05) is 69.7 Å². The minimum atomic E-state index is -0.329. The standard InChI is InChI=1S/C37H47N9O3/c1-24(2)49-32-11-8-28(19-38-32)34-30-18-29(9-10-31(30)40-41-34)46-17-14-37(36(46)48)21-44(22-37)20-33(47)45-15-12-26(13-16-45)25-4-6-27(7-5-25)35-39-23-43(3)42-35/h4-8,11-12,19,23-24,29-31,34,40-41H,9-10,13-18,20-22H2,1-3H3. The molecule has 12 heteroatoms. The van der Waals surface area contributed by atoms with Gasteiger partial charge < -0.3 is 14.5 Å². The second kappa shape index (κ2) is 13.0. The molecule has 4 fully saturated rings. The molecule has 0 radical (unpaired) electrons. The van der Waals surface area contributed by atoms with Crippen LogP contribution < -0.4 is 15.6 Å². The van der Waals surface area contributed by atoms with Crippen LogP contribution in [0.5, 0.6) is 5.88 Å². The van der Waals surface area contributed by atoms with E-state index in [9.17, 15) is 9.59 Å². The molecule has 6 heterocycles. The summed E-state index contributed by atoms with van der Waals surface area (Å²) < 4.78 is 7.45. The van der Waals surface area contributed by atoms with Crippen molar-refractivity contribution in [1.82, 2.24) is 45.3 Å². The van der Waals surface area contributed by atoms with Gasteiger partial charge in [-0.3, -0.25) is 24.6 Å². The number of nitrogens with zero attached hydrogens (tertiary/aromatic N) is 7. The smallest absolute Gasteiger partial charge is 0.237 e. The van der Waals surface area contributed by atoms with Gasteiger partial charge in [-0.2, -0.15) is 5.10 Å². The van der Waals surface area contributed by atoms with Crippen LogP contribution in [0, 0.1) is 11.3 Å². The predicted octanol–water partition coefficient (Wildman–Crippen LogP) is 3.20. The number of carbonyl (C=O) groups excluding carboxylic acids is 2. The highest BCUT2D eigenvalue weighted by molar-refractivity contribution is 5.87. The molecule has 1 aromatic carbocycles. The van der Waals surface area contributed by atoms with E-state index >= 15 is 0 Å². The van der Waals surface area contributed by atoms with Gasteiger partial charge in [-0.1, -0.05) is 36.4 Å². The maximum Gasteiger partial charge on any atom is 0.237 e. The van der Waals surface area contributed by atoms with E-state index < -0.39 is 0 Å². The van der Waals surface area contributed by atoms with E-state index in [2.05, 4.69) is 72.1 Å². The number of hydrogen-bond donors (Lipinski definition) is 2. The molecule has 3 aromatic rings. The fourth-order valence-electron chi connectivity index (χ4n) is 8.70. The number of fused-ring (bicyclic) bond motifs is 1. The fourth-order valence-corrected chi connectivity index (χ4v) is 8.70. The number of aryl methyl sites for hydroxylation is 1. The Hall–Kier alpha value is -4.13. The molecule has 12 nitrogen and oxygen atoms in total. The lowest BCUT2D eigenvalue weighted by atomic mass is 9.76. The van der Waals surface area contributed by atoms with Crippen LogP contribution in [0.25, 0.3) is 17.0 Å². The van der Waals surface area contributed by atoms with Crippen molar-refractivity contribution in [3.63, 3.8) is 0 Å². The Balaban J connectivity index is 0.822. The molecule has 1 saturated carbocycles. The zero-order valence-electron chi connectivity index (χ0n) is 28.7. The number of carbonyl (C=O) groups is 2. The molecule has 49 heavy (non-hydrogen) atoms. The first kappa shape index (κ1) is 32.1. The van der Waals surface area contributed by atoms with Crippen LogP contribution in [0.15, 0.2) is 55.0 Å². The van der Waals surface area contributed by atoms with E-state index in [4.69, 9.17) is 4.74 Å². The Morgan fingerprint density at radius 1 is 1.04 bits per heavy atom. The first-order valence-corrected chi connectivity index (χ1v) is 17.8. The normalized spacial score (nSPS) is 26.6. The second-order valence-corrected chi connectivity index (χ2v) is 14.9. The van der Waals surface area contributed by atoms with Crippen molar-refractivity contribution < 1.29 is 14.3 Å². The maximum absolute atomic E-state index is 13.9. The lowest BCUT2D eigenvalue weighted by molar-refractivity contribution is -0.151. The molecule has 5 aliphatic rings. The monoisotopic (exact) mass is 665 g/mol. The summed E-state index contributed by atoms with van der Waals surface area (Å²) in [7, 11) is 1.86. The SMILES string of the molecule is CC(C)Oc1ccc(C2NNC3CCC(N4CCC5(CN(CC(=O)N6CC=C(c7ccc(-c8ncn(C)n8)cc7)CC6)C5)C4=O)CC32)cn1. The lowest BCUT2D eigenvalue weighted by Gasteiger charge is -2.47. The quantitative estimate of drug-likeness (QED) is 0.374. The highest BCUT2D eigenvalue weighted by atomic mass is 16.5. The van der Waals surface area contributed by atoms with Crippen LogP contribution in [0.3, 0.4) is 0 Å². The van der Waals surface area contributed by atoms with E-state index in [1.807, 2.05) is 38.1 Å². The van der Waals surface area contributed by atoms with Crippen molar-refractivity contribution in [1.29, 1.82) is 0 Å². The molecule has 0 bridgehead atoms. The number of rotatable bonds is 8. The van der Waals surface area contributed by atoms with E-state index in [0.29, 0.717) is 56.5 Å². The molecule has 4 unspecified atom stereocenters. The van der Waals surface area contributed by atoms with Gasteiger partial charge >= 0.3 is 0 Å². The average molecular weight is 666 g/mol. The molecule has 2 N–H and O–H groups in total. The lowest BCUT2D eigenvalue weighted by Crippen LogP contribution is -2.62. The topological polar surface area (TPSA) is 121 Å². The highest BCUT2D eigenvalue weighted by Gasteiger charge is 2.56.